The van der Waals surface area contributed by atoms with E-state index in [0.717, 1.165) is 37.6 Å². The fraction of sp³-hybridized carbons (Fsp3) is 0.556. The van der Waals surface area contributed by atoms with Crippen molar-refractivity contribution >= 4 is 11.9 Å². The van der Waals surface area contributed by atoms with Crippen LogP contribution in [0.3, 0.4) is 0 Å². The predicted octanol–water partition coefficient (Wildman–Crippen LogP) is 2.75. The van der Waals surface area contributed by atoms with Gasteiger partial charge in [0.15, 0.2) is 0 Å². The number of morpholine rings is 1. The van der Waals surface area contributed by atoms with Crippen LogP contribution in [-0.4, -0.2) is 91.7 Å². The second kappa shape index (κ2) is 14.0. The van der Waals surface area contributed by atoms with Gasteiger partial charge in [0.25, 0.3) is 0 Å². The van der Waals surface area contributed by atoms with Crippen LogP contribution in [0.15, 0.2) is 46.9 Å². The molecule has 35 heavy (non-hydrogen) atoms. The fourth-order valence-electron chi connectivity index (χ4n) is 4.15. The molecule has 0 spiro atoms. The van der Waals surface area contributed by atoms with Gasteiger partial charge in [0.1, 0.15) is 17.6 Å². The molecule has 3 rings (SSSR count). The molecule has 1 amide bonds. The lowest BCUT2D eigenvalue weighted by Gasteiger charge is -2.33. The first-order valence-electron chi connectivity index (χ1n) is 12.5. The summed E-state index contributed by atoms with van der Waals surface area (Å²) in [6, 6.07) is 13.4. The van der Waals surface area contributed by atoms with Crippen LogP contribution in [0.1, 0.15) is 30.9 Å². The summed E-state index contributed by atoms with van der Waals surface area (Å²) in [6.45, 7) is 11.4. The first-order valence-corrected chi connectivity index (χ1v) is 12.5. The summed E-state index contributed by atoms with van der Waals surface area (Å²) < 4.78 is 16.5. The summed E-state index contributed by atoms with van der Waals surface area (Å²) in [6.07, 6.45) is 0.744. The summed E-state index contributed by atoms with van der Waals surface area (Å²) >= 11 is 0. The zero-order valence-electron chi connectivity index (χ0n) is 21.3. The molecule has 8 heteroatoms. The minimum Gasteiger partial charge on any atom is -0.465 e. The van der Waals surface area contributed by atoms with E-state index in [2.05, 4.69) is 17.0 Å². The Kier molecular flexibility index (Phi) is 10.8. The molecular formula is C27H39N3O5. The maximum atomic E-state index is 13.6. The van der Waals surface area contributed by atoms with Gasteiger partial charge in [0.05, 0.1) is 32.9 Å². The monoisotopic (exact) mass is 485 g/mol. The van der Waals surface area contributed by atoms with E-state index in [1.54, 1.807) is 6.92 Å². The number of amides is 1. The third-order valence-electron chi connectivity index (χ3n) is 6.33. The number of ether oxygens (including phenoxy) is 2. The van der Waals surface area contributed by atoms with Crippen LogP contribution in [-0.2, 0) is 32.0 Å². The van der Waals surface area contributed by atoms with Crippen LogP contribution >= 0.6 is 0 Å². The lowest BCUT2D eigenvalue weighted by atomic mass is 10.1. The van der Waals surface area contributed by atoms with Gasteiger partial charge in [0, 0.05) is 32.7 Å². The zero-order chi connectivity index (χ0) is 25.0. The van der Waals surface area contributed by atoms with Crippen molar-refractivity contribution in [1.82, 2.24) is 14.7 Å². The van der Waals surface area contributed by atoms with Crippen LogP contribution in [0.2, 0.25) is 0 Å². The Morgan fingerprint density at radius 3 is 2.49 bits per heavy atom. The van der Waals surface area contributed by atoms with Crippen LogP contribution in [0.4, 0.5) is 0 Å². The Hall–Kier alpha value is -2.68. The molecule has 0 N–H and O–H groups in total. The highest BCUT2D eigenvalue weighted by Gasteiger charge is 2.27. The molecular weight excluding hydrogens is 446 g/mol. The van der Waals surface area contributed by atoms with Gasteiger partial charge >= 0.3 is 5.97 Å². The van der Waals surface area contributed by atoms with Gasteiger partial charge in [-0.05, 0) is 44.9 Å². The zero-order valence-corrected chi connectivity index (χ0v) is 21.3. The number of nitrogens with zero attached hydrogens (tertiary/aromatic N) is 3. The van der Waals surface area contributed by atoms with Crippen LogP contribution in [0.25, 0.3) is 0 Å². The molecule has 1 atom stereocenters. The van der Waals surface area contributed by atoms with E-state index in [1.807, 2.05) is 54.0 Å². The normalized spacial score (nSPS) is 15.2. The van der Waals surface area contributed by atoms with E-state index in [1.165, 1.54) is 5.56 Å². The summed E-state index contributed by atoms with van der Waals surface area (Å²) in [7, 11) is 0. The van der Waals surface area contributed by atoms with Crippen LogP contribution < -0.4 is 0 Å². The number of hydrogen-bond donors (Lipinski definition) is 0. The number of esters is 1. The Labute approximate surface area is 208 Å². The summed E-state index contributed by atoms with van der Waals surface area (Å²) in [4.78, 5) is 32.2. The molecule has 0 radical (unpaired) electrons. The molecule has 2 aromatic rings. The summed E-state index contributed by atoms with van der Waals surface area (Å²) in [5.41, 5.74) is 1.17. The van der Waals surface area contributed by atoms with Crippen molar-refractivity contribution in [2.45, 2.75) is 39.8 Å². The number of aryl methyl sites for hydroxylation is 1. The van der Waals surface area contributed by atoms with Gasteiger partial charge in [-0.25, -0.2) is 0 Å². The lowest BCUT2D eigenvalue weighted by Crippen LogP contribution is -2.50. The highest BCUT2D eigenvalue weighted by molar-refractivity contribution is 5.80. The molecule has 0 bridgehead atoms. The van der Waals surface area contributed by atoms with Crippen molar-refractivity contribution in [3.05, 3.63) is 59.5 Å². The van der Waals surface area contributed by atoms with Crippen molar-refractivity contribution in [2.75, 3.05) is 59.1 Å². The second-order valence-corrected chi connectivity index (χ2v) is 8.92. The van der Waals surface area contributed by atoms with Crippen molar-refractivity contribution in [3.8, 4) is 0 Å². The molecule has 192 valence electrons. The fourth-order valence-corrected chi connectivity index (χ4v) is 4.15. The smallest absolute Gasteiger partial charge is 0.323 e. The number of benzene rings is 1. The molecule has 1 fully saturated rings. The molecule has 1 aliphatic rings. The van der Waals surface area contributed by atoms with E-state index < -0.39 is 6.04 Å². The molecule has 0 saturated carbocycles. The number of carbonyl (C=O) groups excluding carboxylic acids is 2. The van der Waals surface area contributed by atoms with Gasteiger partial charge in [0.2, 0.25) is 5.91 Å². The minimum absolute atomic E-state index is 0.0342. The van der Waals surface area contributed by atoms with E-state index in [4.69, 9.17) is 13.9 Å². The van der Waals surface area contributed by atoms with Crippen molar-refractivity contribution < 1.29 is 23.5 Å². The van der Waals surface area contributed by atoms with E-state index in [-0.39, 0.29) is 18.4 Å². The minimum atomic E-state index is -0.512. The van der Waals surface area contributed by atoms with Gasteiger partial charge < -0.3 is 18.8 Å². The average Bonchev–Trinajstić information content (AvgIpc) is 3.29. The van der Waals surface area contributed by atoms with Crippen molar-refractivity contribution in [3.63, 3.8) is 0 Å². The Morgan fingerprint density at radius 2 is 1.83 bits per heavy atom. The maximum absolute atomic E-state index is 13.6. The van der Waals surface area contributed by atoms with E-state index in [0.29, 0.717) is 39.5 Å². The Bertz CT molecular complexity index is 911. The van der Waals surface area contributed by atoms with Gasteiger partial charge in [-0.2, -0.15) is 0 Å². The van der Waals surface area contributed by atoms with E-state index in [9.17, 15) is 9.59 Å². The Morgan fingerprint density at radius 1 is 1.09 bits per heavy atom. The van der Waals surface area contributed by atoms with Crippen LogP contribution in [0.5, 0.6) is 0 Å². The quantitative estimate of drug-likeness (QED) is 0.404. The molecule has 0 unspecified atom stereocenters. The predicted molar refractivity (Wildman–Crippen MR) is 134 cm³/mol. The number of hydrogen-bond acceptors (Lipinski definition) is 7. The molecule has 1 saturated heterocycles. The number of carbonyl (C=O) groups is 2. The first-order chi connectivity index (χ1) is 17.0. The molecule has 8 nitrogen and oxygen atoms in total. The van der Waals surface area contributed by atoms with Crippen LogP contribution in [0, 0.1) is 6.92 Å². The Balaban J connectivity index is 1.70. The highest BCUT2D eigenvalue weighted by Crippen LogP contribution is 2.13. The third kappa shape index (κ3) is 8.80. The molecule has 0 aliphatic carbocycles. The summed E-state index contributed by atoms with van der Waals surface area (Å²) in [5, 5.41) is 0. The van der Waals surface area contributed by atoms with Gasteiger partial charge in [-0.3, -0.25) is 19.4 Å². The highest BCUT2D eigenvalue weighted by atomic mass is 16.5. The molecule has 2 heterocycles. The van der Waals surface area contributed by atoms with Crippen molar-refractivity contribution in [2.24, 2.45) is 0 Å². The summed E-state index contributed by atoms with van der Waals surface area (Å²) in [5.74, 6) is 1.23. The SMILES string of the molecule is CCOC(=O)[C@H](C)N(CCN1CCOCC1)CC(=O)N(CCc1ccccc1)Cc1ccc(C)o1. The number of furan rings is 1. The second-order valence-electron chi connectivity index (χ2n) is 8.92. The standard InChI is InChI=1S/C27H39N3O5/c1-4-34-27(32)23(3)29(15-14-28-16-18-33-19-17-28)21-26(31)30(20-25-11-10-22(2)35-25)13-12-24-8-6-5-7-9-24/h5-11,23H,4,12-21H2,1-3H3/t23-/m0/s1. The largest absolute Gasteiger partial charge is 0.465 e. The van der Waals surface area contributed by atoms with Crippen molar-refractivity contribution in [1.29, 1.82) is 0 Å². The topological polar surface area (TPSA) is 75.5 Å². The first kappa shape index (κ1) is 26.9. The molecule has 1 aliphatic heterocycles. The third-order valence-corrected chi connectivity index (χ3v) is 6.33. The number of rotatable bonds is 13. The van der Waals surface area contributed by atoms with E-state index >= 15 is 0 Å². The average molecular weight is 486 g/mol. The maximum Gasteiger partial charge on any atom is 0.323 e. The van der Waals surface area contributed by atoms with Gasteiger partial charge in [-0.1, -0.05) is 30.3 Å². The lowest BCUT2D eigenvalue weighted by molar-refractivity contribution is -0.150. The molecule has 1 aromatic heterocycles. The van der Waals surface area contributed by atoms with Gasteiger partial charge in [-0.15, -0.1) is 0 Å². The molecule has 1 aromatic carbocycles.